The Hall–Kier alpha value is -4.10. The van der Waals surface area contributed by atoms with Crippen molar-refractivity contribution >= 4 is 34.0 Å². The van der Waals surface area contributed by atoms with Crippen molar-refractivity contribution in [2.75, 3.05) is 11.5 Å². The molecule has 1 amide bonds. The highest BCUT2D eigenvalue weighted by atomic mass is 32.1. The van der Waals surface area contributed by atoms with Gasteiger partial charge in [-0.2, -0.15) is 0 Å². The summed E-state index contributed by atoms with van der Waals surface area (Å²) < 4.78 is 20.4. The Morgan fingerprint density at radius 2 is 1.83 bits per heavy atom. The Morgan fingerprint density at radius 1 is 1.00 bits per heavy atom. The molecule has 1 aliphatic rings. The third kappa shape index (κ3) is 4.15. The molecule has 0 N–H and O–H groups in total. The van der Waals surface area contributed by atoms with Gasteiger partial charge in [-0.3, -0.25) is 14.7 Å². The molecule has 35 heavy (non-hydrogen) atoms. The second-order valence-electron chi connectivity index (χ2n) is 8.27. The molecular weight excluding hydrogens is 461 g/mol. The van der Waals surface area contributed by atoms with Gasteiger partial charge in [0.1, 0.15) is 17.3 Å². The van der Waals surface area contributed by atoms with E-state index in [4.69, 9.17) is 4.74 Å². The first kappa shape index (κ1) is 21.4. The van der Waals surface area contributed by atoms with E-state index >= 15 is 0 Å². The van der Waals surface area contributed by atoms with Gasteiger partial charge in [-0.05, 0) is 65.7 Å². The van der Waals surface area contributed by atoms with E-state index in [9.17, 15) is 9.18 Å². The summed E-state index contributed by atoms with van der Waals surface area (Å²) in [7, 11) is 0. The number of carbonyl (C=O) groups excluding carboxylic acids is 1. The van der Waals surface area contributed by atoms with Crippen LogP contribution < -0.4 is 9.64 Å². The van der Waals surface area contributed by atoms with Crippen molar-refractivity contribution in [3.63, 3.8) is 0 Å². The molecule has 0 unspecified atom stereocenters. The molecule has 7 heteroatoms. The molecule has 0 atom stereocenters. The molecule has 0 aliphatic carbocycles. The number of hydrogen-bond donors (Lipinski definition) is 0. The summed E-state index contributed by atoms with van der Waals surface area (Å²) in [6.07, 6.45) is 2.36. The van der Waals surface area contributed by atoms with Gasteiger partial charge in [0.05, 0.1) is 36.1 Å². The number of hydrogen-bond acceptors (Lipinski definition) is 5. The predicted octanol–water partition coefficient (Wildman–Crippen LogP) is 6.28. The molecular formula is C28H20FN3O2S. The Bertz CT molecular complexity index is 1570. The first-order valence-electron chi connectivity index (χ1n) is 11.3. The van der Waals surface area contributed by atoms with Crippen LogP contribution in [-0.4, -0.2) is 22.5 Å². The number of anilines is 1. The van der Waals surface area contributed by atoms with Crippen LogP contribution in [0.3, 0.4) is 0 Å². The molecule has 0 bridgehead atoms. The molecule has 0 saturated carbocycles. The lowest BCUT2D eigenvalue weighted by Gasteiger charge is -2.22. The fraction of sp³-hybridized carbons (Fsp3) is 0.107. The summed E-state index contributed by atoms with van der Waals surface area (Å²) in [6.45, 7) is 0.929. The van der Waals surface area contributed by atoms with Crippen LogP contribution >= 0.6 is 11.3 Å². The highest BCUT2D eigenvalue weighted by Gasteiger charge is 2.24. The highest BCUT2D eigenvalue weighted by molar-refractivity contribution is 7.15. The lowest BCUT2D eigenvalue weighted by atomic mass is 10.1. The van der Waals surface area contributed by atoms with Gasteiger partial charge >= 0.3 is 0 Å². The Balaban J connectivity index is 1.34. The van der Waals surface area contributed by atoms with Gasteiger partial charge < -0.3 is 4.74 Å². The lowest BCUT2D eigenvalue weighted by molar-refractivity contribution is 0.0979. The van der Waals surface area contributed by atoms with Gasteiger partial charge in [0.2, 0.25) is 0 Å². The molecule has 172 valence electrons. The first-order valence-corrected chi connectivity index (χ1v) is 12.1. The number of ether oxygens (including phenoxy) is 1. The fourth-order valence-electron chi connectivity index (χ4n) is 4.25. The van der Waals surface area contributed by atoms with Crippen LogP contribution in [0, 0.1) is 5.82 Å². The summed E-state index contributed by atoms with van der Waals surface area (Å²) in [5.74, 6) is 0.0707. The van der Waals surface area contributed by atoms with E-state index in [1.807, 2.05) is 42.5 Å². The Kier molecular flexibility index (Phi) is 5.47. The number of carbonyl (C=O) groups is 1. The van der Waals surface area contributed by atoms with Crippen LogP contribution in [0.2, 0.25) is 0 Å². The number of amides is 1. The van der Waals surface area contributed by atoms with E-state index in [2.05, 4.69) is 16.0 Å². The van der Waals surface area contributed by atoms with Crippen LogP contribution in [0.15, 0.2) is 85.1 Å². The number of thiophene rings is 1. The summed E-state index contributed by atoms with van der Waals surface area (Å²) in [4.78, 5) is 25.9. The minimum Gasteiger partial charge on any atom is -0.493 e. The molecule has 5 aromatic rings. The minimum absolute atomic E-state index is 0.169. The molecule has 0 saturated heterocycles. The zero-order valence-corrected chi connectivity index (χ0v) is 19.5. The summed E-state index contributed by atoms with van der Waals surface area (Å²) in [5, 5.41) is 0. The van der Waals surface area contributed by atoms with E-state index in [-0.39, 0.29) is 17.9 Å². The highest BCUT2D eigenvalue weighted by Crippen LogP contribution is 2.35. The number of para-hydroxylation sites is 3. The van der Waals surface area contributed by atoms with Crippen molar-refractivity contribution in [2.45, 2.75) is 13.0 Å². The SMILES string of the molecule is O=C(c1cnc2ccccc2n1)N(Cc1ccc(-c2ccc3c(c2)CCO3)s1)c1ccccc1F. The molecule has 2 aromatic heterocycles. The number of rotatable bonds is 5. The standard InChI is InChI=1S/C28H20FN3O2S/c29-21-5-1-4-8-25(21)32(28(33)24-16-30-22-6-2-3-7-23(22)31-24)17-20-10-12-27(35-20)19-9-11-26-18(15-19)13-14-34-26/h1-12,15-16H,13-14,17H2. The third-order valence-electron chi connectivity index (χ3n) is 6.01. The van der Waals surface area contributed by atoms with Crippen LogP contribution in [0.1, 0.15) is 20.9 Å². The van der Waals surface area contributed by atoms with Crippen molar-refractivity contribution in [1.29, 1.82) is 0 Å². The second kappa shape index (κ2) is 8.92. The topological polar surface area (TPSA) is 55.3 Å². The van der Waals surface area contributed by atoms with Crippen molar-refractivity contribution < 1.29 is 13.9 Å². The number of fused-ring (bicyclic) bond motifs is 2. The molecule has 3 aromatic carbocycles. The molecule has 0 fully saturated rings. The van der Waals surface area contributed by atoms with Gasteiger partial charge in [0.15, 0.2) is 0 Å². The smallest absolute Gasteiger partial charge is 0.278 e. The average molecular weight is 482 g/mol. The van der Waals surface area contributed by atoms with Gasteiger partial charge in [0.25, 0.3) is 5.91 Å². The molecule has 1 aliphatic heterocycles. The maximum atomic E-state index is 14.8. The minimum atomic E-state index is -0.468. The monoisotopic (exact) mass is 481 g/mol. The van der Waals surface area contributed by atoms with Gasteiger partial charge in [0, 0.05) is 16.2 Å². The average Bonchev–Trinajstić information content (AvgIpc) is 3.56. The summed E-state index contributed by atoms with van der Waals surface area (Å²) in [5.41, 5.74) is 4.00. The van der Waals surface area contributed by atoms with E-state index in [1.54, 1.807) is 35.6 Å². The van der Waals surface area contributed by atoms with Gasteiger partial charge in [-0.1, -0.05) is 24.3 Å². The molecule has 0 radical (unpaired) electrons. The second-order valence-corrected chi connectivity index (χ2v) is 9.44. The number of aromatic nitrogens is 2. The number of benzene rings is 3. The lowest BCUT2D eigenvalue weighted by Crippen LogP contribution is -2.31. The largest absolute Gasteiger partial charge is 0.493 e. The Morgan fingerprint density at radius 3 is 2.71 bits per heavy atom. The quantitative estimate of drug-likeness (QED) is 0.297. The molecule has 6 rings (SSSR count). The van der Waals surface area contributed by atoms with E-state index in [0.29, 0.717) is 17.6 Å². The van der Waals surface area contributed by atoms with E-state index in [0.717, 1.165) is 27.5 Å². The first-order chi connectivity index (χ1) is 17.2. The maximum absolute atomic E-state index is 14.8. The Labute approximate surface area is 205 Å². The molecule has 0 spiro atoms. The van der Waals surface area contributed by atoms with Crippen LogP contribution in [0.5, 0.6) is 5.75 Å². The van der Waals surface area contributed by atoms with Crippen LogP contribution in [0.4, 0.5) is 10.1 Å². The normalized spacial score (nSPS) is 12.4. The maximum Gasteiger partial charge on any atom is 0.278 e. The predicted molar refractivity (Wildman–Crippen MR) is 135 cm³/mol. The van der Waals surface area contributed by atoms with Gasteiger partial charge in [-0.15, -0.1) is 11.3 Å². The van der Waals surface area contributed by atoms with Crippen molar-refractivity contribution in [2.24, 2.45) is 0 Å². The fourth-order valence-corrected chi connectivity index (χ4v) is 5.24. The summed E-state index contributed by atoms with van der Waals surface area (Å²) in [6, 6.07) is 23.9. The van der Waals surface area contributed by atoms with Crippen molar-refractivity contribution in [3.8, 4) is 16.2 Å². The van der Waals surface area contributed by atoms with Crippen LogP contribution in [-0.2, 0) is 13.0 Å². The zero-order chi connectivity index (χ0) is 23.8. The number of halogens is 1. The third-order valence-corrected chi connectivity index (χ3v) is 7.12. The van der Waals surface area contributed by atoms with E-state index < -0.39 is 11.7 Å². The van der Waals surface area contributed by atoms with Crippen molar-refractivity contribution in [3.05, 3.63) is 107 Å². The van der Waals surface area contributed by atoms with Crippen molar-refractivity contribution in [1.82, 2.24) is 9.97 Å². The zero-order valence-electron chi connectivity index (χ0n) is 18.6. The van der Waals surface area contributed by atoms with E-state index in [1.165, 1.54) is 22.7 Å². The van der Waals surface area contributed by atoms with Crippen LogP contribution in [0.25, 0.3) is 21.5 Å². The molecule has 5 nitrogen and oxygen atoms in total. The summed E-state index contributed by atoms with van der Waals surface area (Å²) >= 11 is 1.58. The number of nitrogens with zero attached hydrogens (tertiary/aromatic N) is 3. The van der Waals surface area contributed by atoms with Gasteiger partial charge in [-0.25, -0.2) is 9.37 Å². The molecule has 3 heterocycles.